The van der Waals surface area contributed by atoms with E-state index in [1.165, 1.54) is 12.8 Å². The van der Waals surface area contributed by atoms with Gasteiger partial charge in [0.25, 0.3) is 0 Å². The monoisotopic (exact) mass is 388 g/mol. The van der Waals surface area contributed by atoms with Gasteiger partial charge in [0.15, 0.2) is 0 Å². The Balaban J connectivity index is 1.63. The Hall–Kier alpha value is -1.85. The van der Waals surface area contributed by atoms with Crippen LogP contribution in [0.1, 0.15) is 25.3 Å². The predicted octanol–water partition coefficient (Wildman–Crippen LogP) is 4.05. The van der Waals surface area contributed by atoms with Gasteiger partial charge in [0.1, 0.15) is 11.3 Å². The van der Waals surface area contributed by atoms with E-state index in [2.05, 4.69) is 21.2 Å². The van der Waals surface area contributed by atoms with Crippen molar-refractivity contribution in [2.45, 2.75) is 25.3 Å². The van der Waals surface area contributed by atoms with Crippen LogP contribution in [0.15, 0.2) is 53.0 Å². The van der Waals surface area contributed by atoms with Crippen LogP contribution in [0.25, 0.3) is 0 Å². The number of halogens is 1. The molecule has 5 heteroatoms. The van der Waals surface area contributed by atoms with Crippen LogP contribution in [0.2, 0.25) is 0 Å². The number of anilines is 1. The highest BCUT2D eigenvalue weighted by Crippen LogP contribution is 2.30. The van der Waals surface area contributed by atoms with Gasteiger partial charge in [0.2, 0.25) is 5.91 Å². The van der Waals surface area contributed by atoms with Gasteiger partial charge in [-0.05, 0) is 67.6 Å². The van der Waals surface area contributed by atoms with E-state index in [1.54, 1.807) is 6.92 Å². The molecule has 1 aliphatic rings. The SMILES string of the molecule is CC(N)(C(=O)Nc1ccc(OCC2CC2)cc1)c1ccc(Br)cc1. The van der Waals surface area contributed by atoms with Crippen molar-refractivity contribution in [1.82, 2.24) is 0 Å². The third-order valence-electron chi connectivity index (χ3n) is 4.21. The van der Waals surface area contributed by atoms with Gasteiger partial charge >= 0.3 is 0 Å². The number of nitrogens with one attached hydrogen (secondary N) is 1. The van der Waals surface area contributed by atoms with E-state index in [9.17, 15) is 4.79 Å². The molecular formula is C19H21BrN2O2. The first-order valence-electron chi connectivity index (χ1n) is 8.04. The Morgan fingerprint density at radius 2 is 1.83 bits per heavy atom. The first-order valence-corrected chi connectivity index (χ1v) is 8.84. The van der Waals surface area contributed by atoms with Crippen molar-refractivity contribution >= 4 is 27.5 Å². The fourth-order valence-corrected chi connectivity index (χ4v) is 2.59. The molecule has 3 N–H and O–H groups in total. The topological polar surface area (TPSA) is 64.4 Å². The number of benzene rings is 2. The van der Waals surface area contributed by atoms with Gasteiger partial charge in [0, 0.05) is 10.2 Å². The number of hydrogen-bond acceptors (Lipinski definition) is 3. The number of rotatable bonds is 6. The zero-order chi connectivity index (χ0) is 17.2. The third kappa shape index (κ3) is 4.16. The van der Waals surface area contributed by atoms with Crippen molar-refractivity contribution < 1.29 is 9.53 Å². The van der Waals surface area contributed by atoms with Gasteiger partial charge in [0.05, 0.1) is 6.61 Å². The summed E-state index contributed by atoms with van der Waals surface area (Å²) in [5.74, 6) is 1.29. The summed E-state index contributed by atoms with van der Waals surface area (Å²) in [7, 11) is 0. The van der Waals surface area contributed by atoms with E-state index in [1.807, 2.05) is 48.5 Å². The van der Waals surface area contributed by atoms with E-state index < -0.39 is 5.54 Å². The smallest absolute Gasteiger partial charge is 0.248 e. The standard InChI is InChI=1S/C19H21BrN2O2/c1-19(21,14-4-6-15(20)7-5-14)18(23)22-16-8-10-17(11-9-16)24-12-13-2-3-13/h4-11,13H,2-3,12,21H2,1H3,(H,22,23). The second-order valence-corrected chi connectivity index (χ2v) is 7.36. The van der Waals surface area contributed by atoms with Crippen LogP contribution < -0.4 is 15.8 Å². The minimum Gasteiger partial charge on any atom is -0.493 e. The Bertz CT molecular complexity index is 707. The van der Waals surface area contributed by atoms with Crippen molar-refractivity contribution in [3.63, 3.8) is 0 Å². The van der Waals surface area contributed by atoms with Crippen molar-refractivity contribution in [3.8, 4) is 5.75 Å². The second kappa shape index (κ2) is 6.95. The van der Waals surface area contributed by atoms with Gasteiger partial charge in [-0.1, -0.05) is 28.1 Å². The molecule has 3 rings (SSSR count). The first kappa shape index (κ1) is 17.0. The first-order chi connectivity index (χ1) is 11.4. The summed E-state index contributed by atoms with van der Waals surface area (Å²) < 4.78 is 6.64. The summed E-state index contributed by atoms with van der Waals surface area (Å²) in [5.41, 5.74) is 6.59. The lowest BCUT2D eigenvalue weighted by Gasteiger charge is -2.24. The molecule has 1 saturated carbocycles. The maximum Gasteiger partial charge on any atom is 0.248 e. The molecule has 0 radical (unpaired) electrons. The molecule has 126 valence electrons. The van der Waals surface area contributed by atoms with Gasteiger partial charge in [-0.2, -0.15) is 0 Å². The maximum atomic E-state index is 12.5. The largest absolute Gasteiger partial charge is 0.493 e. The molecule has 24 heavy (non-hydrogen) atoms. The highest BCUT2D eigenvalue weighted by molar-refractivity contribution is 9.10. The van der Waals surface area contributed by atoms with Crippen molar-refractivity contribution in [3.05, 3.63) is 58.6 Å². The maximum absolute atomic E-state index is 12.5. The van der Waals surface area contributed by atoms with E-state index >= 15 is 0 Å². The Labute approximate surface area is 150 Å². The fourth-order valence-electron chi connectivity index (χ4n) is 2.32. The number of carbonyl (C=O) groups is 1. The lowest BCUT2D eigenvalue weighted by Crippen LogP contribution is -2.45. The minimum atomic E-state index is -1.11. The van der Waals surface area contributed by atoms with Crippen molar-refractivity contribution in [2.24, 2.45) is 11.7 Å². The average Bonchev–Trinajstić information content (AvgIpc) is 3.39. The Morgan fingerprint density at radius 1 is 1.21 bits per heavy atom. The van der Waals surface area contributed by atoms with E-state index in [-0.39, 0.29) is 5.91 Å². The van der Waals surface area contributed by atoms with Crippen LogP contribution in [-0.4, -0.2) is 12.5 Å². The van der Waals surface area contributed by atoms with Gasteiger partial charge in [-0.15, -0.1) is 0 Å². The molecule has 0 spiro atoms. The fraction of sp³-hybridized carbons (Fsp3) is 0.316. The summed E-state index contributed by atoms with van der Waals surface area (Å²) in [5, 5.41) is 2.87. The zero-order valence-corrected chi connectivity index (χ0v) is 15.2. The third-order valence-corrected chi connectivity index (χ3v) is 4.74. The second-order valence-electron chi connectivity index (χ2n) is 6.44. The lowest BCUT2D eigenvalue weighted by atomic mass is 9.92. The summed E-state index contributed by atoms with van der Waals surface area (Å²) in [6.45, 7) is 2.48. The van der Waals surface area contributed by atoms with Gasteiger partial charge in [-0.25, -0.2) is 0 Å². The predicted molar refractivity (Wildman–Crippen MR) is 99.0 cm³/mol. The molecule has 1 amide bonds. The van der Waals surface area contributed by atoms with Crippen LogP contribution in [0, 0.1) is 5.92 Å². The number of nitrogens with two attached hydrogens (primary N) is 1. The van der Waals surface area contributed by atoms with Crippen LogP contribution in [0.4, 0.5) is 5.69 Å². The van der Waals surface area contributed by atoms with Crippen LogP contribution in [0.3, 0.4) is 0 Å². The van der Waals surface area contributed by atoms with E-state index in [4.69, 9.17) is 10.5 Å². The van der Waals surface area contributed by atoms with Crippen molar-refractivity contribution in [2.75, 3.05) is 11.9 Å². The number of amides is 1. The van der Waals surface area contributed by atoms with Crippen LogP contribution >= 0.6 is 15.9 Å². The van der Waals surface area contributed by atoms with Gasteiger partial charge < -0.3 is 15.8 Å². The Morgan fingerprint density at radius 3 is 2.42 bits per heavy atom. The highest BCUT2D eigenvalue weighted by atomic mass is 79.9. The number of hydrogen-bond donors (Lipinski definition) is 2. The minimum absolute atomic E-state index is 0.253. The Kier molecular flexibility index (Phi) is 4.92. The molecule has 2 aromatic rings. The number of carbonyl (C=O) groups excluding carboxylic acids is 1. The van der Waals surface area contributed by atoms with Crippen LogP contribution in [0.5, 0.6) is 5.75 Å². The molecule has 2 aromatic carbocycles. The summed E-state index contributed by atoms with van der Waals surface area (Å²) in [6.07, 6.45) is 2.53. The van der Waals surface area contributed by atoms with Crippen LogP contribution in [-0.2, 0) is 10.3 Å². The number of ether oxygens (including phenoxy) is 1. The molecule has 0 heterocycles. The molecule has 0 saturated heterocycles. The molecule has 1 atom stereocenters. The molecule has 0 aliphatic heterocycles. The molecule has 1 fully saturated rings. The molecule has 4 nitrogen and oxygen atoms in total. The molecular weight excluding hydrogens is 368 g/mol. The molecule has 0 aromatic heterocycles. The summed E-state index contributed by atoms with van der Waals surface area (Å²) >= 11 is 3.38. The molecule has 1 aliphatic carbocycles. The molecule has 0 bridgehead atoms. The summed E-state index contributed by atoms with van der Waals surface area (Å²) in [4.78, 5) is 12.5. The normalized spacial score (nSPS) is 16.3. The highest BCUT2D eigenvalue weighted by Gasteiger charge is 2.30. The van der Waals surface area contributed by atoms with Gasteiger partial charge in [-0.3, -0.25) is 4.79 Å². The average molecular weight is 389 g/mol. The van der Waals surface area contributed by atoms with E-state index in [0.29, 0.717) is 11.6 Å². The quantitative estimate of drug-likeness (QED) is 0.784. The van der Waals surface area contributed by atoms with Crippen molar-refractivity contribution in [1.29, 1.82) is 0 Å². The van der Waals surface area contributed by atoms with E-state index in [0.717, 1.165) is 22.4 Å². The molecule has 1 unspecified atom stereocenters. The summed E-state index contributed by atoms with van der Waals surface area (Å²) in [6, 6.07) is 14.8. The zero-order valence-electron chi connectivity index (χ0n) is 13.6. The lowest BCUT2D eigenvalue weighted by molar-refractivity contribution is -0.120.